The Balaban J connectivity index is 1.41. The van der Waals surface area contributed by atoms with Crippen molar-refractivity contribution >= 4 is 21.8 Å². The quantitative estimate of drug-likeness (QED) is 0.596. The zero-order chi connectivity index (χ0) is 24.3. The number of rotatable bonds is 8. The highest BCUT2D eigenvalue weighted by molar-refractivity contribution is 7.89. The van der Waals surface area contributed by atoms with Crippen molar-refractivity contribution in [3.8, 4) is 5.75 Å². The molecule has 2 aromatic carbocycles. The van der Waals surface area contributed by atoms with Gasteiger partial charge >= 0.3 is 0 Å². The van der Waals surface area contributed by atoms with Gasteiger partial charge in [-0.2, -0.15) is 4.31 Å². The zero-order valence-corrected chi connectivity index (χ0v) is 20.2. The third-order valence-corrected chi connectivity index (χ3v) is 8.42. The van der Waals surface area contributed by atoms with Gasteiger partial charge in [0.2, 0.25) is 10.0 Å². The molecule has 0 unspecified atom stereocenters. The minimum Gasteiger partial charge on any atom is -0.483 e. The van der Waals surface area contributed by atoms with Gasteiger partial charge in [0.05, 0.1) is 16.5 Å². The molecule has 9 heteroatoms. The predicted molar refractivity (Wildman–Crippen MR) is 128 cm³/mol. The average molecular weight is 486 g/mol. The standard InChI is InChI=1S/C25H31N3O5S/c1-17(19-9-8-18-6-2-3-7-20(18)14-19)27-24(29)16-33-23-11-10-21(15-22(23)25(26)30)34(31,32)28-12-4-5-13-28/h8-11,14-15,17H,2-7,12-13,16H2,1H3,(H2,26,30)(H,27,29)/t17-/m0/s1. The summed E-state index contributed by atoms with van der Waals surface area (Å²) in [6, 6.07) is 10.1. The SMILES string of the molecule is C[C@H](NC(=O)COc1ccc(S(=O)(=O)N2CCCC2)cc1C(N)=O)c1ccc2c(c1)CCCC2. The molecule has 1 fully saturated rings. The number of sulfonamides is 1. The number of hydrogen-bond acceptors (Lipinski definition) is 5. The Kier molecular flexibility index (Phi) is 7.23. The lowest BCUT2D eigenvalue weighted by molar-refractivity contribution is -0.123. The highest BCUT2D eigenvalue weighted by Gasteiger charge is 2.28. The maximum atomic E-state index is 12.8. The van der Waals surface area contributed by atoms with Crippen LogP contribution in [0.15, 0.2) is 41.3 Å². The molecular weight excluding hydrogens is 454 g/mol. The van der Waals surface area contributed by atoms with Crippen molar-refractivity contribution in [2.24, 2.45) is 5.73 Å². The van der Waals surface area contributed by atoms with Gasteiger partial charge in [-0.1, -0.05) is 18.2 Å². The molecule has 0 bridgehead atoms. The highest BCUT2D eigenvalue weighted by Crippen LogP contribution is 2.27. The highest BCUT2D eigenvalue weighted by atomic mass is 32.2. The fourth-order valence-corrected chi connectivity index (χ4v) is 6.14. The second-order valence-corrected chi connectivity index (χ2v) is 10.9. The zero-order valence-electron chi connectivity index (χ0n) is 19.4. The Morgan fingerprint density at radius 2 is 1.74 bits per heavy atom. The molecule has 1 saturated heterocycles. The summed E-state index contributed by atoms with van der Waals surface area (Å²) in [6.45, 7) is 2.49. The van der Waals surface area contributed by atoms with Crippen molar-refractivity contribution in [1.82, 2.24) is 9.62 Å². The van der Waals surface area contributed by atoms with Gasteiger partial charge in [-0.15, -0.1) is 0 Å². The van der Waals surface area contributed by atoms with Gasteiger partial charge in [0.15, 0.2) is 6.61 Å². The normalized spacial score (nSPS) is 17.1. The number of nitrogens with two attached hydrogens (primary N) is 1. The van der Waals surface area contributed by atoms with E-state index < -0.39 is 15.9 Å². The average Bonchev–Trinajstić information content (AvgIpc) is 3.38. The number of fused-ring (bicyclic) bond motifs is 1. The van der Waals surface area contributed by atoms with Gasteiger partial charge in [-0.05, 0) is 80.3 Å². The number of carbonyl (C=O) groups excluding carboxylic acids is 2. The van der Waals surface area contributed by atoms with Crippen LogP contribution >= 0.6 is 0 Å². The molecule has 8 nitrogen and oxygen atoms in total. The van der Waals surface area contributed by atoms with Gasteiger partial charge in [0.1, 0.15) is 5.75 Å². The molecule has 0 spiro atoms. The van der Waals surface area contributed by atoms with Gasteiger partial charge in [0.25, 0.3) is 11.8 Å². The maximum Gasteiger partial charge on any atom is 0.258 e. The number of primary amides is 1. The van der Waals surface area contributed by atoms with Crippen molar-refractivity contribution in [1.29, 1.82) is 0 Å². The lowest BCUT2D eigenvalue weighted by Gasteiger charge is -2.20. The summed E-state index contributed by atoms with van der Waals surface area (Å²) in [7, 11) is -3.71. The Bertz CT molecular complexity index is 1190. The van der Waals surface area contributed by atoms with Gasteiger partial charge in [0, 0.05) is 13.1 Å². The minimum atomic E-state index is -3.71. The monoisotopic (exact) mass is 485 g/mol. The van der Waals surface area contributed by atoms with Crippen LogP contribution in [0.5, 0.6) is 5.75 Å². The van der Waals surface area contributed by atoms with Crippen molar-refractivity contribution in [2.45, 2.75) is 56.4 Å². The number of nitrogens with one attached hydrogen (secondary N) is 1. The summed E-state index contributed by atoms with van der Waals surface area (Å²) in [5.74, 6) is -1.10. The first-order valence-corrected chi connectivity index (χ1v) is 13.2. The molecule has 0 saturated carbocycles. The number of aryl methyl sites for hydroxylation is 2. The molecule has 2 aliphatic rings. The summed E-state index contributed by atoms with van der Waals surface area (Å²) in [5.41, 5.74) is 9.15. The van der Waals surface area contributed by atoms with Crippen LogP contribution in [0.2, 0.25) is 0 Å². The molecule has 3 N–H and O–H groups in total. The second kappa shape index (κ2) is 10.1. The van der Waals surface area contributed by atoms with E-state index in [9.17, 15) is 18.0 Å². The Morgan fingerprint density at radius 3 is 2.44 bits per heavy atom. The smallest absolute Gasteiger partial charge is 0.258 e. The van der Waals surface area contributed by atoms with E-state index in [0.29, 0.717) is 13.1 Å². The molecule has 1 aliphatic heterocycles. The second-order valence-electron chi connectivity index (χ2n) is 8.95. The largest absolute Gasteiger partial charge is 0.483 e. The molecule has 1 heterocycles. The van der Waals surface area contributed by atoms with Crippen LogP contribution < -0.4 is 15.8 Å². The molecule has 1 atom stereocenters. The molecule has 0 radical (unpaired) electrons. The first kappa shape index (κ1) is 24.2. The van der Waals surface area contributed by atoms with Gasteiger partial charge in [-0.25, -0.2) is 8.42 Å². The van der Waals surface area contributed by atoms with Crippen LogP contribution in [0.1, 0.15) is 65.7 Å². The number of hydrogen-bond donors (Lipinski definition) is 2. The van der Waals surface area contributed by atoms with Crippen molar-refractivity contribution in [3.63, 3.8) is 0 Å². The van der Waals surface area contributed by atoms with E-state index in [1.165, 1.54) is 46.5 Å². The summed E-state index contributed by atoms with van der Waals surface area (Å²) >= 11 is 0. The van der Waals surface area contributed by atoms with E-state index in [4.69, 9.17) is 10.5 Å². The number of benzene rings is 2. The van der Waals surface area contributed by atoms with Crippen LogP contribution in [-0.4, -0.2) is 44.2 Å². The van der Waals surface area contributed by atoms with E-state index in [1.54, 1.807) is 0 Å². The predicted octanol–water partition coefficient (Wildman–Crippen LogP) is 2.71. The molecule has 182 valence electrons. The van der Waals surface area contributed by atoms with Crippen LogP contribution in [-0.2, 0) is 27.7 Å². The molecule has 1 aliphatic carbocycles. The third-order valence-electron chi connectivity index (χ3n) is 6.53. The lowest BCUT2D eigenvalue weighted by atomic mass is 9.89. The van der Waals surface area contributed by atoms with Crippen LogP contribution in [0, 0.1) is 0 Å². The molecular formula is C25H31N3O5S. The number of nitrogens with zero attached hydrogens (tertiary/aromatic N) is 1. The molecule has 34 heavy (non-hydrogen) atoms. The first-order chi connectivity index (χ1) is 16.3. The Morgan fingerprint density at radius 1 is 1.03 bits per heavy atom. The fraction of sp³-hybridized carbons (Fsp3) is 0.440. The fourth-order valence-electron chi connectivity index (χ4n) is 4.60. The van der Waals surface area contributed by atoms with Crippen LogP contribution in [0.3, 0.4) is 0 Å². The maximum absolute atomic E-state index is 12.8. The topological polar surface area (TPSA) is 119 Å². The molecule has 2 amide bonds. The summed E-state index contributed by atoms with van der Waals surface area (Å²) in [6.07, 6.45) is 6.18. The number of ether oxygens (including phenoxy) is 1. The third kappa shape index (κ3) is 5.26. The Hall–Kier alpha value is -2.91. The number of amides is 2. The van der Waals surface area contributed by atoms with Crippen molar-refractivity contribution in [2.75, 3.05) is 19.7 Å². The Labute approximate surface area is 200 Å². The summed E-state index contributed by atoms with van der Waals surface area (Å²) in [4.78, 5) is 24.5. The number of carbonyl (C=O) groups is 2. The molecule has 0 aromatic heterocycles. The van der Waals surface area contributed by atoms with E-state index >= 15 is 0 Å². The summed E-state index contributed by atoms with van der Waals surface area (Å²) < 4.78 is 32.6. The van der Waals surface area contributed by atoms with E-state index in [2.05, 4.69) is 17.4 Å². The van der Waals surface area contributed by atoms with Gasteiger partial charge in [-0.3, -0.25) is 9.59 Å². The summed E-state index contributed by atoms with van der Waals surface area (Å²) in [5, 5.41) is 2.91. The van der Waals surface area contributed by atoms with Crippen molar-refractivity contribution in [3.05, 3.63) is 58.7 Å². The van der Waals surface area contributed by atoms with Crippen LogP contribution in [0.4, 0.5) is 0 Å². The lowest BCUT2D eigenvalue weighted by Crippen LogP contribution is -2.32. The van der Waals surface area contributed by atoms with E-state index in [1.807, 2.05) is 13.0 Å². The van der Waals surface area contributed by atoms with Gasteiger partial charge < -0.3 is 15.8 Å². The molecule has 4 rings (SSSR count). The van der Waals surface area contributed by atoms with Crippen LogP contribution in [0.25, 0.3) is 0 Å². The first-order valence-electron chi connectivity index (χ1n) is 11.7. The minimum absolute atomic E-state index is 0.0129. The molecule has 2 aromatic rings. The van der Waals surface area contributed by atoms with E-state index in [-0.39, 0.29) is 34.8 Å². The van der Waals surface area contributed by atoms with E-state index in [0.717, 1.165) is 31.2 Å². The van der Waals surface area contributed by atoms with Crippen molar-refractivity contribution < 1.29 is 22.7 Å².